The van der Waals surface area contributed by atoms with Crippen LogP contribution in [-0.4, -0.2) is 24.1 Å². The molecule has 3 heteroatoms. The number of amides is 1. The number of aryl methyl sites for hydroxylation is 1. The van der Waals surface area contributed by atoms with E-state index >= 15 is 0 Å². The van der Waals surface area contributed by atoms with Crippen LogP contribution >= 0.6 is 0 Å². The minimum absolute atomic E-state index is 0.0583. The monoisotopic (exact) mass is 287 g/mol. The minimum Gasteiger partial charge on any atom is -0.446 e. The molecule has 0 aromatic heterocycles. The molecule has 21 heavy (non-hydrogen) atoms. The molecule has 1 aromatic rings. The number of allylic oxidation sites excluding steroid dienone is 2. The average molecular weight is 287 g/mol. The molecule has 0 N–H and O–H groups in total. The summed E-state index contributed by atoms with van der Waals surface area (Å²) in [6.07, 6.45) is 9.34. The van der Waals surface area contributed by atoms with Crippen molar-refractivity contribution >= 4 is 6.09 Å². The first-order valence-corrected chi connectivity index (χ1v) is 7.77. The number of benzene rings is 1. The third kappa shape index (κ3) is 5.25. The van der Waals surface area contributed by atoms with Gasteiger partial charge in [-0.05, 0) is 44.6 Å². The van der Waals surface area contributed by atoms with Crippen molar-refractivity contribution in [3.05, 3.63) is 47.5 Å². The third-order valence-corrected chi connectivity index (χ3v) is 3.84. The molecule has 2 rings (SSSR count). The normalized spacial score (nSPS) is 20.2. The maximum atomic E-state index is 12.2. The largest absolute Gasteiger partial charge is 0.446 e. The number of ether oxygens (including phenoxy) is 1. The molecular weight excluding hydrogens is 262 g/mol. The Bertz CT molecular complexity index is 478. The van der Waals surface area contributed by atoms with E-state index in [2.05, 4.69) is 43.3 Å². The van der Waals surface area contributed by atoms with Gasteiger partial charge in [0.25, 0.3) is 0 Å². The van der Waals surface area contributed by atoms with Crippen molar-refractivity contribution in [2.75, 3.05) is 7.05 Å². The highest BCUT2D eigenvalue weighted by Gasteiger charge is 2.17. The predicted octanol–water partition coefficient (Wildman–Crippen LogP) is 4.45. The van der Waals surface area contributed by atoms with E-state index in [1.807, 2.05) is 0 Å². The summed E-state index contributed by atoms with van der Waals surface area (Å²) in [4.78, 5) is 13.8. The second kappa shape index (κ2) is 7.87. The summed E-state index contributed by atoms with van der Waals surface area (Å²) in [5, 5.41) is 0. The maximum absolute atomic E-state index is 12.2. The van der Waals surface area contributed by atoms with E-state index in [1.165, 1.54) is 5.56 Å². The number of carbonyl (C=O) groups excluding carboxylic acids is 1. The fourth-order valence-corrected chi connectivity index (χ4v) is 2.51. The van der Waals surface area contributed by atoms with Crippen molar-refractivity contribution in [1.29, 1.82) is 0 Å². The zero-order chi connectivity index (χ0) is 15.1. The molecule has 1 aromatic carbocycles. The second-order valence-electron chi connectivity index (χ2n) is 5.83. The molecule has 0 fully saturated rings. The highest BCUT2D eigenvalue weighted by Crippen LogP contribution is 2.17. The Balaban J connectivity index is 1.83. The van der Waals surface area contributed by atoms with Crippen molar-refractivity contribution in [1.82, 2.24) is 4.90 Å². The van der Waals surface area contributed by atoms with Crippen LogP contribution in [0.5, 0.6) is 0 Å². The van der Waals surface area contributed by atoms with E-state index in [0.717, 1.165) is 37.7 Å². The Labute approximate surface area is 127 Å². The van der Waals surface area contributed by atoms with E-state index in [1.54, 1.807) is 11.9 Å². The molecule has 1 aliphatic carbocycles. The van der Waals surface area contributed by atoms with Gasteiger partial charge in [0, 0.05) is 13.6 Å². The summed E-state index contributed by atoms with van der Waals surface area (Å²) in [6.45, 7) is 2.65. The van der Waals surface area contributed by atoms with Crippen LogP contribution in [0.1, 0.15) is 43.2 Å². The van der Waals surface area contributed by atoms with Crippen molar-refractivity contribution in [2.24, 2.45) is 0 Å². The summed E-state index contributed by atoms with van der Waals surface area (Å²) in [5.74, 6) is 0. The lowest BCUT2D eigenvalue weighted by atomic mass is 10.0. The van der Waals surface area contributed by atoms with Crippen LogP contribution in [0.4, 0.5) is 4.79 Å². The van der Waals surface area contributed by atoms with Crippen LogP contribution in [0.2, 0.25) is 0 Å². The molecule has 0 heterocycles. The molecule has 1 unspecified atom stereocenters. The van der Waals surface area contributed by atoms with Gasteiger partial charge in [0.1, 0.15) is 6.10 Å². The Morgan fingerprint density at radius 3 is 2.67 bits per heavy atom. The first kappa shape index (κ1) is 15.6. The lowest BCUT2D eigenvalue weighted by Crippen LogP contribution is -2.31. The first-order valence-electron chi connectivity index (χ1n) is 7.77. The van der Waals surface area contributed by atoms with Gasteiger partial charge < -0.3 is 9.64 Å². The molecule has 3 nitrogen and oxygen atoms in total. The Kier molecular flexibility index (Phi) is 5.85. The minimum atomic E-state index is -0.217. The quantitative estimate of drug-likeness (QED) is 0.769. The SMILES string of the molecule is Cc1ccc(CN(C)C(=O)OC2CC/C=C/CCC2)cc1. The van der Waals surface area contributed by atoms with Gasteiger partial charge in [-0.15, -0.1) is 0 Å². The zero-order valence-electron chi connectivity index (χ0n) is 13.0. The summed E-state index contributed by atoms with van der Waals surface area (Å²) in [5.41, 5.74) is 2.35. The second-order valence-corrected chi connectivity index (χ2v) is 5.83. The Morgan fingerprint density at radius 1 is 1.19 bits per heavy atom. The molecule has 1 amide bonds. The van der Waals surface area contributed by atoms with Gasteiger partial charge in [-0.2, -0.15) is 0 Å². The standard InChI is InChI=1S/C18H25NO2/c1-15-10-12-16(13-11-15)14-19(2)18(20)21-17-8-6-4-3-5-7-9-17/h3-4,10-13,17H,5-9,14H2,1-2H3/b4-3+. The lowest BCUT2D eigenvalue weighted by Gasteiger charge is -2.23. The van der Waals surface area contributed by atoms with E-state index in [4.69, 9.17) is 4.74 Å². The van der Waals surface area contributed by atoms with Crippen molar-refractivity contribution in [3.8, 4) is 0 Å². The van der Waals surface area contributed by atoms with Gasteiger partial charge in [-0.3, -0.25) is 0 Å². The van der Waals surface area contributed by atoms with Gasteiger partial charge >= 0.3 is 6.09 Å². The van der Waals surface area contributed by atoms with E-state index in [9.17, 15) is 4.79 Å². The van der Waals surface area contributed by atoms with E-state index < -0.39 is 0 Å². The zero-order valence-corrected chi connectivity index (χ0v) is 13.0. The van der Waals surface area contributed by atoms with E-state index in [0.29, 0.717) is 6.54 Å². The number of hydrogen-bond donors (Lipinski definition) is 0. The first-order chi connectivity index (χ1) is 10.1. The molecule has 1 atom stereocenters. The summed E-state index contributed by atoms with van der Waals surface area (Å²) in [6, 6.07) is 8.24. The lowest BCUT2D eigenvalue weighted by molar-refractivity contribution is 0.0585. The fraction of sp³-hybridized carbons (Fsp3) is 0.500. The number of nitrogens with zero attached hydrogens (tertiary/aromatic N) is 1. The molecule has 1 aliphatic rings. The molecule has 0 spiro atoms. The smallest absolute Gasteiger partial charge is 0.410 e. The Hall–Kier alpha value is -1.77. The summed E-state index contributed by atoms with van der Waals surface area (Å²) < 4.78 is 5.64. The number of carbonyl (C=O) groups is 1. The van der Waals surface area contributed by atoms with Crippen molar-refractivity contribution in [3.63, 3.8) is 0 Å². The van der Waals surface area contributed by atoms with Gasteiger partial charge in [0.05, 0.1) is 0 Å². The van der Waals surface area contributed by atoms with Crippen LogP contribution < -0.4 is 0 Å². The van der Waals surface area contributed by atoms with Crippen molar-refractivity contribution < 1.29 is 9.53 Å². The molecule has 0 bridgehead atoms. The molecule has 0 saturated carbocycles. The molecule has 114 valence electrons. The average Bonchev–Trinajstić information content (AvgIpc) is 2.44. The molecule has 0 aliphatic heterocycles. The molecule has 0 saturated heterocycles. The van der Waals surface area contributed by atoms with Crippen LogP contribution in [0.15, 0.2) is 36.4 Å². The predicted molar refractivity (Wildman–Crippen MR) is 85.1 cm³/mol. The van der Waals surface area contributed by atoms with Gasteiger partial charge in [-0.25, -0.2) is 4.79 Å². The number of hydrogen-bond acceptors (Lipinski definition) is 2. The summed E-state index contributed by atoms with van der Waals surface area (Å²) >= 11 is 0. The van der Waals surface area contributed by atoms with Crippen molar-refractivity contribution in [2.45, 2.75) is 51.7 Å². The van der Waals surface area contributed by atoms with Gasteiger partial charge in [0.15, 0.2) is 0 Å². The highest BCUT2D eigenvalue weighted by atomic mass is 16.6. The maximum Gasteiger partial charge on any atom is 0.410 e. The van der Waals surface area contributed by atoms with E-state index in [-0.39, 0.29) is 12.2 Å². The third-order valence-electron chi connectivity index (χ3n) is 3.84. The molecule has 0 radical (unpaired) electrons. The highest BCUT2D eigenvalue weighted by molar-refractivity contribution is 5.67. The fourth-order valence-electron chi connectivity index (χ4n) is 2.51. The molecular formula is C18H25NO2. The Morgan fingerprint density at radius 2 is 1.90 bits per heavy atom. The number of rotatable bonds is 3. The van der Waals surface area contributed by atoms with Crippen LogP contribution in [0.3, 0.4) is 0 Å². The topological polar surface area (TPSA) is 29.5 Å². The van der Waals surface area contributed by atoms with Gasteiger partial charge in [0.2, 0.25) is 0 Å². The van der Waals surface area contributed by atoms with Crippen LogP contribution in [0, 0.1) is 6.92 Å². The van der Waals surface area contributed by atoms with Gasteiger partial charge in [-0.1, -0.05) is 42.0 Å². The summed E-state index contributed by atoms with van der Waals surface area (Å²) in [7, 11) is 1.80. The van der Waals surface area contributed by atoms with Crippen LogP contribution in [0.25, 0.3) is 0 Å². The van der Waals surface area contributed by atoms with Crippen LogP contribution in [-0.2, 0) is 11.3 Å².